The summed E-state index contributed by atoms with van der Waals surface area (Å²) in [5.74, 6) is 5.44. The molecular weight excluding hydrogens is 715 g/mol. The van der Waals surface area contributed by atoms with Crippen molar-refractivity contribution in [2.24, 2.45) is 5.92 Å². The first-order valence-corrected chi connectivity index (χ1v) is 19.9. The van der Waals surface area contributed by atoms with Gasteiger partial charge in [-0.25, -0.2) is 0 Å². The van der Waals surface area contributed by atoms with Crippen LogP contribution in [0.1, 0.15) is 42.4 Å². The van der Waals surface area contributed by atoms with Crippen molar-refractivity contribution < 1.29 is 18.9 Å². The number of nitrogens with zero attached hydrogens (tertiary/aromatic N) is 7. The van der Waals surface area contributed by atoms with Gasteiger partial charge in [0.15, 0.2) is 34.6 Å². The van der Waals surface area contributed by atoms with Gasteiger partial charge in [0.1, 0.15) is 0 Å². The van der Waals surface area contributed by atoms with Crippen LogP contribution in [0.3, 0.4) is 0 Å². The zero-order valence-electron chi connectivity index (χ0n) is 34.1. The number of rotatable bonds is 11. The average molecular weight is 770 g/mol. The summed E-state index contributed by atoms with van der Waals surface area (Å²) in [7, 11) is 8.84. The Morgan fingerprint density at radius 2 is 1.07 bits per heavy atom. The Labute approximate surface area is 336 Å². The number of methoxy groups -OCH3 is 4. The molecule has 57 heavy (non-hydrogen) atoms. The van der Waals surface area contributed by atoms with Gasteiger partial charge in [0.25, 0.3) is 0 Å². The highest BCUT2D eigenvalue weighted by molar-refractivity contribution is 5.95. The van der Waals surface area contributed by atoms with Crippen LogP contribution in [0.15, 0.2) is 91.3 Å². The van der Waals surface area contributed by atoms with Crippen molar-refractivity contribution in [1.29, 1.82) is 0 Å². The molecule has 8 rings (SSSR count). The van der Waals surface area contributed by atoms with E-state index in [-0.39, 0.29) is 0 Å². The summed E-state index contributed by atoms with van der Waals surface area (Å²) in [6.45, 7) is 7.05. The van der Waals surface area contributed by atoms with Crippen LogP contribution in [0.2, 0.25) is 0 Å². The molecular formula is C46H55N7O4. The fraction of sp³-hybridized carbons (Fsp3) is 0.391. The van der Waals surface area contributed by atoms with E-state index in [0.717, 1.165) is 96.8 Å². The second kappa shape index (κ2) is 18.5. The molecule has 0 unspecified atom stereocenters. The topological polar surface area (TPSA) is 98.2 Å². The highest BCUT2D eigenvalue weighted by Gasteiger charge is 2.26. The lowest BCUT2D eigenvalue weighted by Gasteiger charge is -2.37. The molecule has 0 saturated carbocycles. The lowest BCUT2D eigenvalue weighted by atomic mass is 9.90. The number of fused-ring (bicyclic) bond motifs is 2. The Morgan fingerprint density at radius 3 is 1.56 bits per heavy atom. The summed E-state index contributed by atoms with van der Waals surface area (Å²) in [5, 5.41) is 21.5. The van der Waals surface area contributed by atoms with E-state index >= 15 is 0 Å². The molecule has 0 spiro atoms. The van der Waals surface area contributed by atoms with Crippen molar-refractivity contribution in [3.05, 3.63) is 108 Å². The normalized spacial score (nSPS) is 15.1. The maximum atomic E-state index is 5.49. The van der Waals surface area contributed by atoms with Gasteiger partial charge in [-0.3, -0.25) is 4.90 Å². The molecule has 4 heterocycles. The highest BCUT2D eigenvalue weighted by Crippen LogP contribution is 2.38. The summed E-state index contributed by atoms with van der Waals surface area (Å²) in [4.78, 5) is 7.16. The fourth-order valence-corrected chi connectivity index (χ4v) is 8.18. The van der Waals surface area contributed by atoms with E-state index in [1.165, 1.54) is 29.5 Å². The van der Waals surface area contributed by atoms with Crippen molar-refractivity contribution in [3.63, 3.8) is 0 Å². The lowest BCUT2D eigenvalue weighted by molar-refractivity contribution is 0.200. The second-order valence-corrected chi connectivity index (χ2v) is 15.2. The minimum absolute atomic E-state index is 0.573. The van der Waals surface area contributed by atoms with Crippen LogP contribution < -0.4 is 28.7 Å². The third kappa shape index (κ3) is 9.31. The first-order chi connectivity index (χ1) is 27.9. The van der Waals surface area contributed by atoms with Gasteiger partial charge >= 0.3 is 0 Å². The van der Waals surface area contributed by atoms with E-state index in [0.29, 0.717) is 23.3 Å². The monoisotopic (exact) mass is 769 g/mol. The zero-order valence-corrected chi connectivity index (χ0v) is 34.1. The van der Waals surface area contributed by atoms with E-state index in [1.54, 1.807) is 40.8 Å². The molecule has 2 aromatic heterocycles. The Hall–Kier alpha value is -5.68. The Bertz CT molecular complexity index is 2220. The Kier molecular flexibility index (Phi) is 12.8. The number of ether oxygens (including phenoxy) is 4. The van der Waals surface area contributed by atoms with Crippen molar-refractivity contribution in [2.45, 2.75) is 51.6 Å². The Morgan fingerprint density at radius 1 is 0.596 bits per heavy atom. The van der Waals surface area contributed by atoms with Crippen LogP contribution in [0.4, 0.5) is 11.6 Å². The van der Waals surface area contributed by atoms with Crippen LogP contribution in [0.25, 0.3) is 21.5 Å². The minimum Gasteiger partial charge on any atom is -0.493 e. The minimum atomic E-state index is 0.573. The summed E-state index contributed by atoms with van der Waals surface area (Å²) < 4.78 is 21.8. The van der Waals surface area contributed by atoms with E-state index in [2.05, 4.69) is 104 Å². The van der Waals surface area contributed by atoms with Crippen LogP contribution in [-0.4, -0.2) is 93.0 Å². The van der Waals surface area contributed by atoms with Gasteiger partial charge in [-0.15, -0.1) is 10.2 Å². The first kappa shape index (κ1) is 39.6. The molecule has 0 bridgehead atoms. The number of hydrogen-bond acceptors (Lipinski definition) is 11. The number of anilines is 2. The van der Waals surface area contributed by atoms with Crippen LogP contribution in [-0.2, 0) is 13.0 Å². The van der Waals surface area contributed by atoms with Gasteiger partial charge < -0.3 is 28.7 Å². The molecule has 6 aromatic rings. The second-order valence-electron chi connectivity index (χ2n) is 15.2. The summed E-state index contributed by atoms with van der Waals surface area (Å²) in [6, 6.07) is 28.1. The predicted octanol–water partition coefficient (Wildman–Crippen LogP) is 8.16. The molecule has 2 fully saturated rings. The Balaban J connectivity index is 0.000000174. The smallest absolute Gasteiger partial charge is 0.161 e. The standard InChI is InChI=1S/C23H28N4O2.C23H27N3O2/c1-26(16-17-7-5-4-6-8-17)19-9-11-27(12-10-19)23-20-14-22(29-3)21(28-2)13-18(20)15-24-25-23;1-16-4-6-17(7-5-16)12-18-8-10-26(11-9-18)23-20-14-22(28-3)21(27-2)13-19(20)15-24-25-23/h4-8,13-15,19H,9-12,16H2,1-3H3;4-7,13-15,18H,8-12H2,1-3H3. The SMILES string of the molecule is COc1cc2cnnc(N3CCC(Cc4ccc(C)cc4)CC3)c2cc1OC.COc1cc2cnnc(N3CCC(N(C)Cc4ccccc4)CC3)c2cc1OC. The number of aromatic nitrogens is 4. The van der Waals surface area contributed by atoms with E-state index in [1.807, 2.05) is 24.3 Å². The maximum absolute atomic E-state index is 5.49. The molecule has 2 saturated heterocycles. The van der Waals surface area contributed by atoms with E-state index in [4.69, 9.17) is 18.9 Å². The molecule has 0 atom stereocenters. The molecule has 2 aliphatic rings. The molecule has 0 aliphatic carbocycles. The maximum Gasteiger partial charge on any atom is 0.161 e. The first-order valence-electron chi connectivity index (χ1n) is 19.9. The third-order valence-corrected chi connectivity index (χ3v) is 11.5. The zero-order chi connectivity index (χ0) is 39.7. The summed E-state index contributed by atoms with van der Waals surface area (Å²) >= 11 is 0. The van der Waals surface area contributed by atoms with Crippen molar-refractivity contribution >= 4 is 33.2 Å². The predicted molar refractivity (Wildman–Crippen MR) is 228 cm³/mol. The fourth-order valence-electron chi connectivity index (χ4n) is 8.18. The van der Waals surface area contributed by atoms with Crippen LogP contribution >= 0.6 is 0 Å². The average Bonchev–Trinajstić information content (AvgIpc) is 3.26. The van der Waals surface area contributed by atoms with E-state index < -0.39 is 0 Å². The highest BCUT2D eigenvalue weighted by atomic mass is 16.5. The molecule has 11 nitrogen and oxygen atoms in total. The van der Waals surface area contributed by atoms with Gasteiger partial charge in [-0.05, 0) is 87.4 Å². The number of hydrogen-bond donors (Lipinski definition) is 0. The number of benzene rings is 4. The quantitative estimate of drug-likeness (QED) is 0.128. The van der Waals surface area contributed by atoms with Crippen molar-refractivity contribution in [2.75, 3.05) is 71.5 Å². The van der Waals surface area contributed by atoms with Gasteiger partial charge in [0.2, 0.25) is 0 Å². The van der Waals surface area contributed by atoms with Gasteiger partial charge in [-0.2, -0.15) is 10.2 Å². The molecule has 0 amide bonds. The molecule has 298 valence electrons. The number of piperidine rings is 2. The molecule has 11 heteroatoms. The van der Waals surface area contributed by atoms with Crippen LogP contribution in [0, 0.1) is 12.8 Å². The largest absolute Gasteiger partial charge is 0.493 e. The van der Waals surface area contributed by atoms with Gasteiger partial charge in [0.05, 0.1) is 40.8 Å². The third-order valence-electron chi connectivity index (χ3n) is 11.5. The molecule has 2 aliphatic heterocycles. The number of aryl methyl sites for hydroxylation is 1. The summed E-state index contributed by atoms with van der Waals surface area (Å²) in [6.07, 6.45) is 9.26. The van der Waals surface area contributed by atoms with E-state index in [9.17, 15) is 0 Å². The molecule has 0 N–H and O–H groups in total. The van der Waals surface area contributed by atoms with Gasteiger partial charge in [0, 0.05) is 60.3 Å². The van der Waals surface area contributed by atoms with Crippen molar-refractivity contribution in [1.82, 2.24) is 25.3 Å². The van der Waals surface area contributed by atoms with Gasteiger partial charge in [-0.1, -0.05) is 60.2 Å². The summed E-state index contributed by atoms with van der Waals surface area (Å²) in [5.41, 5.74) is 4.12. The van der Waals surface area contributed by atoms with Crippen LogP contribution in [0.5, 0.6) is 23.0 Å². The molecule has 0 radical (unpaired) electrons. The molecule has 4 aromatic carbocycles. The lowest BCUT2D eigenvalue weighted by Crippen LogP contribution is -2.43. The van der Waals surface area contributed by atoms with Crippen molar-refractivity contribution in [3.8, 4) is 23.0 Å².